The van der Waals surface area contributed by atoms with Gasteiger partial charge in [0.25, 0.3) is 5.91 Å². The third kappa shape index (κ3) is 2.30. The number of imidazole rings is 1. The number of nitrogens with zero attached hydrogens (tertiary/aromatic N) is 3. The largest absolute Gasteiger partial charge is 0.348 e. The summed E-state index contributed by atoms with van der Waals surface area (Å²) in [6.45, 7) is 0.453. The molecule has 0 aliphatic rings. The Morgan fingerprint density at radius 3 is 3.00 bits per heavy atom. The molecule has 0 aliphatic heterocycles. The van der Waals surface area contributed by atoms with Gasteiger partial charge in [-0.15, -0.1) is 0 Å². The number of nitrogens with one attached hydrogen (secondary N) is 1. The third-order valence-corrected chi connectivity index (χ3v) is 2.84. The molecule has 3 rings (SSSR count). The van der Waals surface area contributed by atoms with Gasteiger partial charge in [0.2, 0.25) is 0 Å². The molecule has 0 aliphatic carbocycles. The first-order valence-electron chi connectivity index (χ1n) is 5.93. The maximum Gasteiger partial charge on any atom is 0.255 e. The Morgan fingerprint density at radius 2 is 2.16 bits per heavy atom. The van der Waals surface area contributed by atoms with E-state index in [0.717, 1.165) is 5.56 Å². The first-order chi connectivity index (χ1) is 9.34. The van der Waals surface area contributed by atoms with Gasteiger partial charge >= 0.3 is 0 Å². The SMILES string of the molecule is O=C(NCc1cccnc1)c1cccn2ccnc12. The van der Waals surface area contributed by atoms with Crippen molar-refractivity contribution < 1.29 is 4.79 Å². The van der Waals surface area contributed by atoms with E-state index in [9.17, 15) is 4.79 Å². The van der Waals surface area contributed by atoms with Crippen LogP contribution in [0.2, 0.25) is 0 Å². The molecular weight excluding hydrogens is 240 g/mol. The Hall–Kier alpha value is -2.69. The van der Waals surface area contributed by atoms with Crippen molar-refractivity contribution in [3.05, 3.63) is 66.4 Å². The van der Waals surface area contributed by atoms with Crippen LogP contribution in [0.1, 0.15) is 15.9 Å². The Kier molecular flexibility index (Phi) is 2.94. The minimum absolute atomic E-state index is 0.138. The van der Waals surface area contributed by atoms with E-state index in [0.29, 0.717) is 17.8 Å². The van der Waals surface area contributed by atoms with Crippen LogP contribution in [0, 0.1) is 0 Å². The zero-order chi connectivity index (χ0) is 13.1. The predicted octanol–water partition coefficient (Wildman–Crippen LogP) is 1.66. The van der Waals surface area contributed by atoms with Crippen molar-refractivity contribution in [3.63, 3.8) is 0 Å². The number of hydrogen-bond donors (Lipinski definition) is 1. The van der Waals surface area contributed by atoms with Crippen LogP contribution in [0.5, 0.6) is 0 Å². The summed E-state index contributed by atoms with van der Waals surface area (Å²) >= 11 is 0. The van der Waals surface area contributed by atoms with Crippen LogP contribution < -0.4 is 5.32 Å². The highest BCUT2D eigenvalue weighted by Crippen LogP contribution is 2.08. The van der Waals surface area contributed by atoms with E-state index in [1.807, 2.05) is 35.0 Å². The number of carbonyl (C=O) groups excluding carboxylic acids is 1. The van der Waals surface area contributed by atoms with Gasteiger partial charge in [-0.2, -0.15) is 0 Å². The Balaban J connectivity index is 1.79. The summed E-state index contributed by atoms with van der Waals surface area (Å²) < 4.78 is 1.82. The zero-order valence-corrected chi connectivity index (χ0v) is 10.2. The molecule has 0 saturated heterocycles. The quantitative estimate of drug-likeness (QED) is 0.771. The summed E-state index contributed by atoms with van der Waals surface area (Å²) in [4.78, 5) is 20.3. The molecule has 94 valence electrons. The monoisotopic (exact) mass is 252 g/mol. The topological polar surface area (TPSA) is 59.3 Å². The van der Waals surface area contributed by atoms with Crippen LogP contribution in [-0.2, 0) is 6.54 Å². The summed E-state index contributed by atoms with van der Waals surface area (Å²) in [5.74, 6) is -0.138. The van der Waals surface area contributed by atoms with E-state index in [1.54, 1.807) is 24.7 Å². The lowest BCUT2D eigenvalue weighted by molar-refractivity contribution is 0.0952. The first kappa shape index (κ1) is 11.4. The van der Waals surface area contributed by atoms with E-state index in [2.05, 4.69) is 15.3 Å². The highest BCUT2D eigenvalue weighted by Gasteiger charge is 2.10. The van der Waals surface area contributed by atoms with E-state index in [1.165, 1.54) is 0 Å². The maximum atomic E-state index is 12.1. The molecule has 5 nitrogen and oxygen atoms in total. The molecule has 1 amide bonds. The molecule has 0 bridgehead atoms. The van der Waals surface area contributed by atoms with Crippen molar-refractivity contribution in [2.45, 2.75) is 6.54 Å². The number of amides is 1. The van der Waals surface area contributed by atoms with Gasteiger partial charge in [0.15, 0.2) is 0 Å². The number of pyridine rings is 2. The predicted molar refractivity (Wildman–Crippen MR) is 70.6 cm³/mol. The van der Waals surface area contributed by atoms with Crippen LogP contribution in [0.15, 0.2) is 55.2 Å². The molecule has 19 heavy (non-hydrogen) atoms. The molecule has 0 aromatic carbocycles. The second kappa shape index (κ2) is 4.89. The molecular formula is C14H12N4O. The van der Waals surface area contributed by atoms with Crippen molar-refractivity contribution in [2.75, 3.05) is 0 Å². The fourth-order valence-electron chi connectivity index (χ4n) is 1.91. The molecule has 5 heteroatoms. The Bertz CT molecular complexity index is 706. The average Bonchev–Trinajstić information content (AvgIpc) is 2.94. The standard InChI is InChI=1S/C14H12N4O/c19-14(17-10-11-3-1-5-15-9-11)12-4-2-7-18-8-6-16-13(12)18/h1-9H,10H2,(H,17,19). The van der Waals surface area contributed by atoms with Gasteiger partial charge in [-0.05, 0) is 23.8 Å². The summed E-state index contributed by atoms with van der Waals surface area (Å²) in [5, 5.41) is 2.86. The highest BCUT2D eigenvalue weighted by molar-refractivity contribution is 5.99. The number of fused-ring (bicyclic) bond motifs is 1. The first-order valence-corrected chi connectivity index (χ1v) is 5.93. The lowest BCUT2D eigenvalue weighted by atomic mass is 10.2. The fourth-order valence-corrected chi connectivity index (χ4v) is 1.91. The summed E-state index contributed by atoms with van der Waals surface area (Å²) in [7, 11) is 0. The molecule has 0 saturated carbocycles. The molecule has 0 unspecified atom stereocenters. The van der Waals surface area contributed by atoms with Crippen LogP contribution in [0.25, 0.3) is 5.65 Å². The smallest absolute Gasteiger partial charge is 0.255 e. The summed E-state index contributed by atoms with van der Waals surface area (Å²) in [5.41, 5.74) is 2.19. The summed E-state index contributed by atoms with van der Waals surface area (Å²) in [6.07, 6.45) is 8.79. The van der Waals surface area contributed by atoms with Gasteiger partial charge in [0.05, 0.1) is 5.56 Å². The van der Waals surface area contributed by atoms with Gasteiger partial charge in [-0.3, -0.25) is 9.78 Å². The van der Waals surface area contributed by atoms with E-state index in [4.69, 9.17) is 0 Å². The van der Waals surface area contributed by atoms with Gasteiger partial charge in [-0.25, -0.2) is 4.98 Å². The van der Waals surface area contributed by atoms with Gasteiger partial charge < -0.3 is 9.72 Å². The third-order valence-electron chi connectivity index (χ3n) is 2.84. The number of carbonyl (C=O) groups is 1. The van der Waals surface area contributed by atoms with Gasteiger partial charge in [0, 0.05) is 37.5 Å². The Morgan fingerprint density at radius 1 is 1.21 bits per heavy atom. The van der Waals surface area contributed by atoms with Crippen molar-refractivity contribution in [1.29, 1.82) is 0 Å². The van der Waals surface area contributed by atoms with Crippen molar-refractivity contribution in [2.24, 2.45) is 0 Å². The molecule has 3 aromatic rings. The van der Waals surface area contributed by atoms with Crippen LogP contribution >= 0.6 is 0 Å². The molecule has 0 fully saturated rings. The van der Waals surface area contributed by atoms with Gasteiger partial charge in [-0.1, -0.05) is 6.07 Å². The number of rotatable bonds is 3. The molecule has 3 aromatic heterocycles. The number of hydrogen-bond acceptors (Lipinski definition) is 3. The molecule has 0 radical (unpaired) electrons. The number of aromatic nitrogens is 3. The van der Waals surface area contributed by atoms with E-state index < -0.39 is 0 Å². The van der Waals surface area contributed by atoms with Crippen LogP contribution in [-0.4, -0.2) is 20.3 Å². The summed E-state index contributed by atoms with van der Waals surface area (Å²) in [6, 6.07) is 7.36. The van der Waals surface area contributed by atoms with Crippen molar-refractivity contribution in [3.8, 4) is 0 Å². The van der Waals surface area contributed by atoms with Crippen molar-refractivity contribution >= 4 is 11.6 Å². The van der Waals surface area contributed by atoms with E-state index >= 15 is 0 Å². The van der Waals surface area contributed by atoms with Crippen molar-refractivity contribution in [1.82, 2.24) is 19.7 Å². The lowest BCUT2D eigenvalue weighted by Gasteiger charge is -2.06. The molecule has 3 heterocycles. The normalized spacial score (nSPS) is 10.5. The fraction of sp³-hybridized carbons (Fsp3) is 0.0714. The Labute approximate surface area is 109 Å². The molecule has 1 N–H and O–H groups in total. The zero-order valence-electron chi connectivity index (χ0n) is 10.2. The molecule has 0 spiro atoms. The molecule has 0 atom stereocenters. The maximum absolute atomic E-state index is 12.1. The minimum atomic E-state index is -0.138. The van der Waals surface area contributed by atoms with Crippen LogP contribution in [0.3, 0.4) is 0 Å². The second-order valence-corrected chi connectivity index (χ2v) is 4.12. The lowest BCUT2D eigenvalue weighted by Crippen LogP contribution is -2.23. The average molecular weight is 252 g/mol. The minimum Gasteiger partial charge on any atom is -0.348 e. The van der Waals surface area contributed by atoms with Crippen LogP contribution in [0.4, 0.5) is 0 Å². The van der Waals surface area contributed by atoms with E-state index in [-0.39, 0.29) is 5.91 Å². The van der Waals surface area contributed by atoms with Gasteiger partial charge in [0.1, 0.15) is 5.65 Å². The highest BCUT2D eigenvalue weighted by atomic mass is 16.1. The second-order valence-electron chi connectivity index (χ2n) is 4.12.